The zero-order chi connectivity index (χ0) is 21.2. The lowest BCUT2D eigenvalue weighted by atomic mass is 10.1. The van der Waals surface area contributed by atoms with Crippen LogP contribution in [-0.2, 0) is 15.7 Å². The monoisotopic (exact) mass is 440 g/mol. The molecule has 2 aromatic carbocycles. The molecule has 3 rings (SSSR count). The Kier molecular flexibility index (Phi) is 5.99. The molecule has 0 radical (unpaired) electrons. The number of ether oxygens (including phenoxy) is 1. The van der Waals surface area contributed by atoms with Crippen molar-refractivity contribution < 1.29 is 27.5 Å². The first-order valence-corrected chi connectivity index (χ1v) is 9.21. The molecule has 0 aliphatic carbocycles. The normalized spacial score (nSPS) is 16.9. The van der Waals surface area contributed by atoms with E-state index in [0.29, 0.717) is 11.1 Å². The molecule has 5 nitrogen and oxygen atoms in total. The lowest BCUT2D eigenvalue weighted by Gasteiger charge is -2.10. The van der Waals surface area contributed by atoms with Crippen LogP contribution >= 0.6 is 23.4 Å². The molecule has 1 aliphatic rings. The van der Waals surface area contributed by atoms with Crippen LogP contribution in [0, 0.1) is 0 Å². The average Bonchev–Trinajstić information content (AvgIpc) is 3.01. The molecule has 0 atom stereocenters. The summed E-state index contributed by atoms with van der Waals surface area (Å²) in [5.74, 6) is -0.983. The number of alkyl halides is 3. The number of amidine groups is 1. The quantitative estimate of drug-likeness (QED) is 0.536. The van der Waals surface area contributed by atoms with E-state index < -0.39 is 23.6 Å². The number of esters is 1. The first kappa shape index (κ1) is 20.9. The number of carbonyl (C=O) groups excluding carboxylic acids is 2. The molecule has 0 spiro atoms. The van der Waals surface area contributed by atoms with E-state index in [4.69, 9.17) is 11.6 Å². The van der Waals surface area contributed by atoms with Gasteiger partial charge in [0.25, 0.3) is 5.91 Å². The highest BCUT2D eigenvalue weighted by Crippen LogP contribution is 2.39. The molecular weight excluding hydrogens is 429 g/mol. The van der Waals surface area contributed by atoms with E-state index in [9.17, 15) is 22.8 Å². The first-order chi connectivity index (χ1) is 13.7. The molecule has 1 heterocycles. The molecule has 1 fully saturated rings. The highest BCUT2D eigenvalue weighted by molar-refractivity contribution is 8.18. The van der Waals surface area contributed by atoms with E-state index in [2.05, 4.69) is 15.0 Å². The van der Waals surface area contributed by atoms with Crippen LogP contribution in [0.25, 0.3) is 6.08 Å². The Morgan fingerprint density at radius 2 is 1.90 bits per heavy atom. The number of nitrogens with zero attached hydrogens (tertiary/aromatic N) is 1. The van der Waals surface area contributed by atoms with Gasteiger partial charge < -0.3 is 10.1 Å². The molecule has 150 valence electrons. The van der Waals surface area contributed by atoms with E-state index in [1.807, 2.05) is 0 Å². The van der Waals surface area contributed by atoms with Gasteiger partial charge >= 0.3 is 12.1 Å². The largest absolute Gasteiger partial charge is 0.465 e. The van der Waals surface area contributed by atoms with Gasteiger partial charge in [-0.15, -0.1) is 0 Å². The molecule has 2 aromatic rings. The summed E-state index contributed by atoms with van der Waals surface area (Å²) >= 11 is 6.56. The minimum absolute atomic E-state index is 0.0141. The maximum absolute atomic E-state index is 13.2. The van der Waals surface area contributed by atoms with Gasteiger partial charge in [0.15, 0.2) is 5.17 Å². The number of halogens is 4. The summed E-state index contributed by atoms with van der Waals surface area (Å²) in [6.45, 7) is 0. The van der Waals surface area contributed by atoms with Crippen LogP contribution in [0.2, 0.25) is 5.02 Å². The topological polar surface area (TPSA) is 67.8 Å². The van der Waals surface area contributed by atoms with Gasteiger partial charge in [-0.2, -0.15) is 13.2 Å². The molecule has 29 heavy (non-hydrogen) atoms. The van der Waals surface area contributed by atoms with Gasteiger partial charge in [0.05, 0.1) is 28.8 Å². The summed E-state index contributed by atoms with van der Waals surface area (Å²) in [6, 6.07) is 9.51. The molecule has 0 bridgehead atoms. The van der Waals surface area contributed by atoms with Gasteiger partial charge in [0.1, 0.15) is 0 Å². The van der Waals surface area contributed by atoms with Crippen LogP contribution < -0.4 is 5.32 Å². The summed E-state index contributed by atoms with van der Waals surface area (Å²) < 4.78 is 44.2. The smallest absolute Gasteiger partial charge is 0.418 e. The van der Waals surface area contributed by atoms with Crippen molar-refractivity contribution in [1.82, 2.24) is 5.32 Å². The van der Waals surface area contributed by atoms with Gasteiger partial charge in [-0.3, -0.25) is 4.79 Å². The standard InChI is InChI=1S/C19H12ClF3N2O3S/c1-28-17(27)11-4-2-10(3-5-11)8-15-16(26)25-18(29-15)24-14-7-6-12(20)9-13(14)19(21,22)23/h2-9H,1H3,(H,24,25,26)/b15-8-. The highest BCUT2D eigenvalue weighted by atomic mass is 35.5. The van der Waals surface area contributed by atoms with Crippen LogP contribution in [0.1, 0.15) is 21.5 Å². The number of nitrogens with one attached hydrogen (secondary N) is 1. The van der Waals surface area contributed by atoms with Gasteiger partial charge in [0.2, 0.25) is 0 Å². The zero-order valence-corrected chi connectivity index (χ0v) is 16.3. The van der Waals surface area contributed by atoms with E-state index in [1.165, 1.54) is 31.4 Å². The molecule has 1 N–H and O–H groups in total. The summed E-state index contributed by atoms with van der Waals surface area (Å²) in [5.41, 5.74) is -0.376. The summed E-state index contributed by atoms with van der Waals surface area (Å²) in [7, 11) is 1.27. The van der Waals surface area contributed by atoms with Crippen molar-refractivity contribution in [3.8, 4) is 0 Å². The SMILES string of the molecule is COC(=O)c1ccc(/C=C2\SC(=Nc3ccc(Cl)cc3C(F)(F)F)NC2=O)cc1. The van der Waals surface area contributed by atoms with E-state index >= 15 is 0 Å². The van der Waals surface area contributed by atoms with Crippen molar-refractivity contribution in [3.63, 3.8) is 0 Å². The summed E-state index contributed by atoms with van der Waals surface area (Å²) in [4.78, 5) is 27.8. The van der Waals surface area contributed by atoms with E-state index in [0.717, 1.165) is 23.9 Å². The van der Waals surface area contributed by atoms with Crippen molar-refractivity contribution >= 4 is 52.2 Å². The van der Waals surface area contributed by atoms with Crippen molar-refractivity contribution in [2.75, 3.05) is 7.11 Å². The third-order valence-corrected chi connectivity index (χ3v) is 4.91. The number of benzene rings is 2. The molecule has 1 saturated heterocycles. The predicted molar refractivity (Wildman–Crippen MR) is 105 cm³/mol. The average molecular weight is 441 g/mol. The molecule has 0 saturated carbocycles. The molecule has 0 unspecified atom stereocenters. The minimum Gasteiger partial charge on any atom is -0.465 e. The second-order valence-electron chi connectivity index (χ2n) is 5.75. The van der Waals surface area contributed by atoms with Crippen LogP contribution in [0.3, 0.4) is 0 Å². The second-order valence-corrected chi connectivity index (χ2v) is 7.22. The van der Waals surface area contributed by atoms with Crippen molar-refractivity contribution in [2.24, 2.45) is 4.99 Å². The minimum atomic E-state index is -4.64. The third kappa shape index (κ3) is 4.99. The zero-order valence-electron chi connectivity index (χ0n) is 14.7. The van der Waals surface area contributed by atoms with E-state index in [-0.39, 0.29) is 20.8 Å². The van der Waals surface area contributed by atoms with Crippen LogP contribution in [-0.4, -0.2) is 24.2 Å². The number of methoxy groups -OCH3 is 1. The Morgan fingerprint density at radius 3 is 2.52 bits per heavy atom. The number of hydrogen-bond donors (Lipinski definition) is 1. The molecular formula is C19H12ClF3N2O3S. The molecule has 10 heteroatoms. The highest BCUT2D eigenvalue weighted by Gasteiger charge is 2.34. The number of thioether (sulfide) groups is 1. The maximum Gasteiger partial charge on any atom is 0.418 e. The fraction of sp³-hybridized carbons (Fsp3) is 0.105. The fourth-order valence-electron chi connectivity index (χ4n) is 2.41. The Morgan fingerprint density at radius 1 is 1.21 bits per heavy atom. The van der Waals surface area contributed by atoms with Gasteiger partial charge in [0, 0.05) is 5.02 Å². The molecule has 1 aliphatic heterocycles. The fourth-order valence-corrected chi connectivity index (χ4v) is 3.41. The van der Waals surface area contributed by atoms with Crippen LogP contribution in [0.4, 0.5) is 18.9 Å². The van der Waals surface area contributed by atoms with E-state index in [1.54, 1.807) is 12.1 Å². The Balaban J connectivity index is 1.85. The Bertz CT molecular complexity index is 1030. The number of aliphatic imine (C=N–C) groups is 1. The Hall–Kier alpha value is -2.78. The van der Waals surface area contributed by atoms with Gasteiger partial charge in [-0.25, -0.2) is 9.79 Å². The van der Waals surface area contributed by atoms with Crippen molar-refractivity contribution in [2.45, 2.75) is 6.18 Å². The number of carbonyl (C=O) groups is 2. The molecule has 1 amide bonds. The van der Waals surface area contributed by atoms with Crippen LogP contribution in [0.15, 0.2) is 52.4 Å². The number of hydrogen-bond acceptors (Lipinski definition) is 5. The predicted octanol–water partition coefficient (Wildman–Crippen LogP) is 5.04. The second kappa shape index (κ2) is 8.30. The van der Waals surface area contributed by atoms with Crippen LogP contribution in [0.5, 0.6) is 0 Å². The molecule has 0 aromatic heterocycles. The van der Waals surface area contributed by atoms with Crippen molar-refractivity contribution in [1.29, 1.82) is 0 Å². The number of amides is 1. The summed E-state index contributed by atoms with van der Waals surface area (Å²) in [5, 5.41) is 2.38. The lowest BCUT2D eigenvalue weighted by Crippen LogP contribution is -2.19. The maximum atomic E-state index is 13.2. The van der Waals surface area contributed by atoms with Gasteiger partial charge in [-0.05, 0) is 53.7 Å². The summed E-state index contributed by atoms with van der Waals surface area (Å²) in [6.07, 6.45) is -3.10. The van der Waals surface area contributed by atoms with Gasteiger partial charge in [-0.1, -0.05) is 23.7 Å². The lowest BCUT2D eigenvalue weighted by molar-refractivity contribution is -0.137. The number of rotatable bonds is 3. The third-order valence-electron chi connectivity index (χ3n) is 3.77. The Labute approximate surface area is 172 Å². The first-order valence-electron chi connectivity index (χ1n) is 8.02. The van der Waals surface area contributed by atoms with Crippen molar-refractivity contribution in [3.05, 3.63) is 69.1 Å².